The SMILES string of the molecule is CCOC(=O)C(C)Cc1cccc(C2(C#N)CCCC(C)(C)CSCCc3c(c(F)cc4[nH]ccc34)Oc3ccc(F)c(c3)-c3nc2nn3C)c1. The number of fused-ring (bicyclic) bond motifs is 8. The van der Waals surface area contributed by atoms with Crippen molar-refractivity contribution in [3.63, 3.8) is 0 Å². The van der Waals surface area contributed by atoms with E-state index in [0.717, 1.165) is 34.4 Å². The van der Waals surface area contributed by atoms with Gasteiger partial charge in [-0.25, -0.2) is 18.4 Å². The lowest BCUT2D eigenvalue weighted by Gasteiger charge is -2.29. The van der Waals surface area contributed by atoms with Crippen molar-refractivity contribution < 1.29 is 23.0 Å². The van der Waals surface area contributed by atoms with Gasteiger partial charge in [0.05, 0.1) is 24.2 Å². The first-order valence-corrected chi connectivity index (χ1v) is 18.5. The molecule has 2 atom stereocenters. The third-order valence-corrected chi connectivity index (χ3v) is 11.1. The minimum atomic E-state index is -1.26. The number of rotatable bonds is 5. The number of ether oxygens (including phenoxy) is 2. The quantitative estimate of drug-likeness (QED) is 0.181. The molecule has 2 unspecified atom stereocenters. The number of halogens is 2. The van der Waals surface area contributed by atoms with Crippen LogP contribution in [0.5, 0.6) is 11.5 Å². The van der Waals surface area contributed by atoms with Gasteiger partial charge >= 0.3 is 5.97 Å². The molecule has 0 saturated heterocycles. The van der Waals surface area contributed by atoms with Gasteiger partial charge in [-0.15, -0.1) is 0 Å². The molecule has 266 valence electrons. The molecule has 1 aliphatic heterocycles. The maximum Gasteiger partial charge on any atom is 0.308 e. The van der Waals surface area contributed by atoms with Gasteiger partial charge in [-0.2, -0.15) is 22.1 Å². The number of hydrogen-bond donors (Lipinski definition) is 1. The molecule has 0 saturated carbocycles. The molecule has 3 aromatic carbocycles. The van der Waals surface area contributed by atoms with E-state index >= 15 is 8.78 Å². The van der Waals surface area contributed by atoms with E-state index in [1.165, 1.54) is 28.9 Å². The highest BCUT2D eigenvalue weighted by Crippen LogP contribution is 2.41. The van der Waals surface area contributed by atoms with Crippen molar-refractivity contribution in [1.82, 2.24) is 19.7 Å². The third-order valence-electron chi connectivity index (χ3n) is 9.65. The van der Waals surface area contributed by atoms with Crippen molar-refractivity contribution in [3.8, 4) is 29.0 Å². The number of hydrogen-bond acceptors (Lipinski definition) is 7. The van der Waals surface area contributed by atoms with E-state index in [-0.39, 0.29) is 46.0 Å². The summed E-state index contributed by atoms with van der Waals surface area (Å²) in [5.41, 5.74) is 1.81. The molecular weight excluding hydrogens is 669 g/mol. The molecule has 0 amide bonds. The number of esters is 1. The van der Waals surface area contributed by atoms with E-state index in [2.05, 4.69) is 24.9 Å². The van der Waals surface area contributed by atoms with Crippen LogP contribution in [0.4, 0.5) is 8.78 Å². The van der Waals surface area contributed by atoms with Gasteiger partial charge < -0.3 is 14.5 Å². The monoisotopic (exact) mass is 711 g/mol. The van der Waals surface area contributed by atoms with Gasteiger partial charge in [0.1, 0.15) is 17.0 Å². The van der Waals surface area contributed by atoms with Crippen LogP contribution in [0.25, 0.3) is 22.3 Å². The second-order valence-electron chi connectivity index (χ2n) is 14.1. The average Bonchev–Trinajstić information content (AvgIpc) is 3.73. The van der Waals surface area contributed by atoms with Crippen LogP contribution in [0.1, 0.15) is 69.5 Å². The standard InChI is InChI=1S/C40H43F2N5O3S/c1-6-49-37(48)25(2)19-26-9-7-10-27(20-26)40(23-43)16-8-15-39(3,4)24-51-18-14-30-29-13-17-44-34(29)22-33(42)35(30)50-28-11-12-32(41)31(21-28)36-45-38(40)46-47(36)5/h7,9-13,17,20-22,25,44H,6,8,14-16,18-19,24H2,1-5H3. The second-order valence-corrected chi connectivity index (χ2v) is 15.2. The van der Waals surface area contributed by atoms with Gasteiger partial charge in [0, 0.05) is 35.8 Å². The fourth-order valence-corrected chi connectivity index (χ4v) is 8.10. The Balaban J connectivity index is 1.46. The molecule has 1 aliphatic rings. The molecule has 0 fully saturated rings. The predicted octanol–water partition coefficient (Wildman–Crippen LogP) is 9.07. The summed E-state index contributed by atoms with van der Waals surface area (Å²) in [7, 11) is 1.67. The summed E-state index contributed by atoms with van der Waals surface area (Å²) >= 11 is 1.80. The molecule has 1 N–H and O–H groups in total. The van der Waals surface area contributed by atoms with Gasteiger partial charge in [-0.3, -0.25) is 4.79 Å². The Morgan fingerprint density at radius 1 is 1.16 bits per heavy atom. The van der Waals surface area contributed by atoms with E-state index in [0.29, 0.717) is 43.4 Å². The Morgan fingerprint density at radius 2 is 1.98 bits per heavy atom. The summed E-state index contributed by atoms with van der Waals surface area (Å²) in [6.45, 7) is 8.35. The summed E-state index contributed by atoms with van der Waals surface area (Å²) in [5, 5.41) is 16.7. The molecule has 0 spiro atoms. The highest BCUT2D eigenvalue weighted by atomic mass is 32.2. The number of aromatic amines is 1. The number of carbonyl (C=O) groups excluding carboxylic acids is 1. The Kier molecular flexibility index (Phi) is 10.5. The van der Waals surface area contributed by atoms with E-state index in [9.17, 15) is 10.1 Å². The minimum absolute atomic E-state index is 0.0673. The van der Waals surface area contributed by atoms with Crippen LogP contribution in [0.3, 0.4) is 0 Å². The third kappa shape index (κ3) is 7.52. The zero-order valence-corrected chi connectivity index (χ0v) is 30.5. The van der Waals surface area contributed by atoms with Crippen LogP contribution in [0.15, 0.2) is 60.8 Å². The highest BCUT2D eigenvalue weighted by molar-refractivity contribution is 7.99. The van der Waals surface area contributed by atoms with Crippen LogP contribution in [-0.2, 0) is 34.8 Å². The first-order valence-electron chi connectivity index (χ1n) is 17.4. The molecule has 4 bridgehead atoms. The fraction of sp³-hybridized carbons (Fsp3) is 0.400. The number of nitrogens with one attached hydrogen (secondary N) is 1. The Hall–Kier alpha value is -4.69. The maximum atomic E-state index is 15.7. The zero-order chi connectivity index (χ0) is 36.3. The fourth-order valence-electron chi connectivity index (χ4n) is 6.91. The van der Waals surface area contributed by atoms with Crippen LogP contribution >= 0.6 is 11.8 Å². The predicted molar refractivity (Wildman–Crippen MR) is 196 cm³/mol. The molecule has 51 heavy (non-hydrogen) atoms. The molecule has 8 nitrogen and oxygen atoms in total. The lowest BCUT2D eigenvalue weighted by molar-refractivity contribution is -0.147. The summed E-state index contributed by atoms with van der Waals surface area (Å²) in [5.74, 6) is 0.716. The van der Waals surface area contributed by atoms with Crippen molar-refractivity contribution in [2.24, 2.45) is 18.4 Å². The normalized spacial score (nSPS) is 18.5. The number of H-pyrrole nitrogens is 1. The molecule has 11 heteroatoms. The molecule has 3 heterocycles. The molecule has 2 aromatic heterocycles. The zero-order valence-electron chi connectivity index (χ0n) is 29.7. The van der Waals surface area contributed by atoms with Crippen LogP contribution in [0, 0.1) is 34.3 Å². The van der Waals surface area contributed by atoms with Crippen molar-refractivity contribution in [2.75, 3.05) is 18.1 Å². The van der Waals surface area contributed by atoms with Gasteiger partial charge in [-0.1, -0.05) is 51.5 Å². The second kappa shape index (κ2) is 14.9. The topological polar surface area (TPSA) is 106 Å². The van der Waals surface area contributed by atoms with Crippen LogP contribution in [0.2, 0.25) is 0 Å². The van der Waals surface area contributed by atoms with Crippen molar-refractivity contribution in [3.05, 3.63) is 94.9 Å². The van der Waals surface area contributed by atoms with Crippen LogP contribution in [-0.4, -0.2) is 43.8 Å². The number of nitriles is 1. The Bertz CT molecular complexity index is 2100. The minimum Gasteiger partial charge on any atom is -0.466 e. The van der Waals surface area contributed by atoms with E-state index in [4.69, 9.17) is 19.6 Å². The lowest BCUT2D eigenvalue weighted by atomic mass is 9.74. The average molecular weight is 712 g/mol. The van der Waals surface area contributed by atoms with Crippen molar-refractivity contribution >= 4 is 28.6 Å². The van der Waals surface area contributed by atoms with Gasteiger partial charge in [0.15, 0.2) is 23.2 Å². The van der Waals surface area contributed by atoms with E-state index < -0.39 is 17.0 Å². The van der Waals surface area contributed by atoms with Gasteiger partial charge in [0.2, 0.25) is 0 Å². The van der Waals surface area contributed by atoms with Gasteiger partial charge in [-0.05, 0) is 84.9 Å². The molecule has 0 aliphatic carbocycles. The number of thioether (sulfide) groups is 1. The molecule has 6 rings (SSSR count). The number of carbonyl (C=O) groups is 1. The molecular formula is C40H43F2N5O3S. The van der Waals surface area contributed by atoms with Crippen LogP contribution < -0.4 is 4.74 Å². The smallest absolute Gasteiger partial charge is 0.308 e. The van der Waals surface area contributed by atoms with Gasteiger partial charge in [0.25, 0.3) is 0 Å². The number of benzene rings is 3. The summed E-state index contributed by atoms with van der Waals surface area (Å²) < 4.78 is 44.3. The van der Waals surface area contributed by atoms with E-state index in [1.54, 1.807) is 31.9 Å². The summed E-state index contributed by atoms with van der Waals surface area (Å²) in [6.07, 6.45) is 4.77. The summed E-state index contributed by atoms with van der Waals surface area (Å²) in [6, 6.07) is 17.8. The Morgan fingerprint density at radius 3 is 2.76 bits per heavy atom. The number of aromatic nitrogens is 4. The Labute approximate surface area is 301 Å². The highest BCUT2D eigenvalue weighted by Gasteiger charge is 2.40. The van der Waals surface area contributed by atoms with E-state index in [1.807, 2.05) is 37.3 Å². The number of nitrogens with zero attached hydrogens (tertiary/aromatic N) is 4. The summed E-state index contributed by atoms with van der Waals surface area (Å²) in [4.78, 5) is 20.4. The number of aryl methyl sites for hydroxylation is 2. The molecule has 5 aromatic rings. The largest absolute Gasteiger partial charge is 0.466 e. The van der Waals surface area contributed by atoms with Crippen molar-refractivity contribution in [1.29, 1.82) is 5.26 Å². The first kappa shape index (κ1) is 36.1. The first-order chi connectivity index (χ1) is 24.4. The lowest BCUT2D eigenvalue weighted by Crippen LogP contribution is -2.29. The maximum absolute atomic E-state index is 15.7. The molecule has 0 radical (unpaired) electrons. The van der Waals surface area contributed by atoms with Crippen molar-refractivity contribution in [2.45, 2.75) is 65.2 Å².